The van der Waals surface area contributed by atoms with Gasteiger partial charge in [0.1, 0.15) is 0 Å². The van der Waals surface area contributed by atoms with E-state index in [4.69, 9.17) is 4.74 Å². The molecule has 0 radical (unpaired) electrons. The van der Waals surface area contributed by atoms with E-state index in [9.17, 15) is 0 Å². The average molecular weight is 168 g/mol. The maximum absolute atomic E-state index is 5.13. The Labute approximate surface area is 71.0 Å². The zero-order valence-corrected chi connectivity index (χ0v) is 7.27. The number of hydrogen-bond donors (Lipinski definition) is 0. The summed E-state index contributed by atoms with van der Waals surface area (Å²) in [6, 6.07) is 2.21. The third-order valence-corrected chi connectivity index (χ3v) is 2.71. The van der Waals surface area contributed by atoms with Gasteiger partial charge in [-0.3, -0.25) is 0 Å². The minimum atomic E-state index is 0.605. The summed E-state index contributed by atoms with van der Waals surface area (Å²) in [5, 5.41) is 4.37. The van der Waals surface area contributed by atoms with E-state index >= 15 is 0 Å². The molecule has 1 fully saturated rings. The van der Waals surface area contributed by atoms with Crippen molar-refractivity contribution in [1.82, 2.24) is 0 Å². The van der Waals surface area contributed by atoms with Crippen LogP contribution in [0.15, 0.2) is 16.8 Å². The predicted molar refractivity (Wildman–Crippen MR) is 47.0 cm³/mol. The molecule has 60 valence electrons. The van der Waals surface area contributed by atoms with Gasteiger partial charge in [0.2, 0.25) is 0 Å². The molecule has 2 rings (SSSR count). The van der Waals surface area contributed by atoms with Crippen LogP contribution in [0.4, 0.5) is 0 Å². The molecule has 0 N–H and O–H groups in total. The highest BCUT2D eigenvalue weighted by molar-refractivity contribution is 7.07. The van der Waals surface area contributed by atoms with Gasteiger partial charge < -0.3 is 4.74 Å². The fourth-order valence-corrected chi connectivity index (χ4v) is 1.91. The Morgan fingerprint density at radius 1 is 1.64 bits per heavy atom. The van der Waals surface area contributed by atoms with E-state index in [2.05, 4.69) is 16.8 Å². The van der Waals surface area contributed by atoms with Crippen LogP contribution in [-0.4, -0.2) is 12.7 Å². The minimum Gasteiger partial charge on any atom is -0.373 e. The van der Waals surface area contributed by atoms with E-state index in [1.165, 1.54) is 24.8 Å². The van der Waals surface area contributed by atoms with Crippen LogP contribution in [0.25, 0.3) is 0 Å². The van der Waals surface area contributed by atoms with Gasteiger partial charge in [-0.2, -0.15) is 11.3 Å². The minimum absolute atomic E-state index is 0.605. The Kier molecular flexibility index (Phi) is 2.24. The summed E-state index contributed by atoms with van der Waals surface area (Å²) in [7, 11) is 0. The highest BCUT2D eigenvalue weighted by Gasteiger charge is 2.20. The van der Waals surface area contributed by atoms with Crippen molar-refractivity contribution in [3.63, 3.8) is 0 Å². The maximum Gasteiger partial charge on any atom is 0.0810 e. The van der Waals surface area contributed by atoms with E-state index in [0.717, 1.165) is 6.61 Å². The molecule has 1 unspecified atom stereocenters. The number of hydrogen-bond acceptors (Lipinski definition) is 2. The molecular weight excluding hydrogens is 156 g/mol. The first kappa shape index (κ1) is 7.32. The normalized spacial score (nSPS) is 22.0. The molecule has 1 nitrogen and oxygen atoms in total. The van der Waals surface area contributed by atoms with E-state index in [-0.39, 0.29) is 0 Å². The first-order valence-electron chi connectivity index (χ1n) is 4.08. The van der Waals surface area contributed by atoms with Gasteiger partial charge in [0.15, 0.2) is 0 Å². The molecule has 0 bridgehead atoms. The number of thiophene rings is 1. The summed E-state index contributed by atoms with van der Waals surface area (Å²) >= 11 is 1.78. The van der Waals surface area contributed by atoms with Gasteiger partial charge in [-0.15, -0.1) is 0 Å². The van der Waals surface area contributed by atoms with Crippen LogP contribution < -0.4 is 0 Å². The number of epoxide rings is 1. The van der Waals surface area contributed by atoms with Crippen molar-refractivity contribution in [3.8, 4) is 0 Å². The van der Waals surface area contributed by atoms with Crippen LogP contribution in [-0.2, 0) is 11.2 Å². The standard InChI is InChI=1S/C9H12OS/c1(3-9-6-10-9)2-8-4-5-11-7-8/h4-5,7,9H,1-3,6H2. The molecule has 2 heterocycles. The van der Waals surface area contributed by atoms with E-state index in [0.29, 0.717) is 6.10 Å². The Morgan fingerprint density at radius 3 is 3.18 bits per heavy atom. The fraction of sp³-hybridized carbons (Fsp3) is 0.556. The second-order valence-corrected chi connectivity index (χ2v) is 3.76. The van der Waals surface area contributed by atoms with Gasteiger partial charge in [0.05, 0.1) is 12.7 Å². The molecule has 11 heavy (non-hydrogen) atoms. The molecule has 0 amide bonds. The second kappa shape index (κ2) is 3.37. The molecular formula is C9H12OS. The van der Waals surface area contributed by atoms with Gasteiger partial charge >= 0.3 is 0 Å². The Bertz CT molecular complexity index is 201. The Hall–Kier alpha value is -0.340. The Morgan fingerprint density at radius 2 is 2.55 bits per heavy atom. The topological polar surface area (TPSA) is 12.5 Å². The summed E-state index contributed by atoms with van der Waals surface area (Å²) in [6.07, 6.45) is 4.36. The highest BCUT2D eigenvalue weighted by Crippen LogP contribution is 2.17. The first-order valence-corrected chi connectivity index (χ1v) is 5.02. The summed E-state index contributed by atoms with van der Waals surface area (Å²) in [6.45, 7) is 1.00. The Balaban J connectivity index is 1.66. The van der Waals surface area contributed by atoms with Crippen LogP contribution in [0, 0.1) is 0 Å². The lowest BCUT2D eigenvalue weighted by Crippen LogP contribution is -1.87. The molecule has 2 heteroatoms. The number of rotatable bonds is 4. The monoisotopic (exact) mass is 168 g/mol. The zero-order chi connectivity index (χ0) is 7.52. The van der Waals surface area contributed by atoms with Crippen molar-refractivity contribution in [3.05, 3.63) is 22.4 Å². The van der Waals surface area contributed by atoms with Gasteiger partial charge in [-0.1, -0.05) is 0 Å². The zero-order valence-electron chi connectivity index (χ0n) is 6.45. The summed E-state index contributed by atoms with van der Waals surface area (Å²) in [4.78, 5) is 0. The highest BCUT2D eigenvalue weighted by atomic mass is 32.1. The van der Waals surface area contributed by atoms with Crippen molar-refractivity contribution in [2.24, 2.45) is 0 Å². The van der Waals surface area contributed by atoms with Crippen molar-refractivity contribution in [2.75, 3.05) is 6.61 Å². The average Bonchev–Trinajstić information content (AvgIpc) is 2.66. The largest absolute Gasteiger partial charge is 0.373 e. The van der Waals surface area contributed by atoms with E-state index in [1.54, 1.807) is 11.3 Å². The summed E-state index contributed by atoms with van der Waals surface area (Å²) < 4.78 is 5.13. The van der Waals surface area contributed by atoms with Crippen molar-refractivity contribution in [2.45, 2.75) is 25.4 Å². The second-order valence-electron chi connectivity index (χ2n) is 2.98. The third kappa shape index (κ3) is 2.31. The SMILES string of the molecule is c1cc(CCCC2CO2)cs1. The predicted octanol–water partition coefficient (Wildman–Crippen LogP) is 2.47. The van der Waals surface area contributed by atoms with E-state index < -0.39 is 0 Å². The van der Waals surface area contributed by atoms with Crippen molar-refractivity contribution in [1.29, 1.82) is 0 Å². The van der Waals surface area contributed by atoms with Gasteiger partial charge in [0.25, 0.3) is 0 Å². The van der Waals surface area contributed by atoms with Gasteiger partial charge in [-0.25, -0.2) is 0 Å². The molecule has 1 aromatic rings. The molecule has 0 saturated carbocycles. The van der Waals surface area contributed by atoms with Crippen molar-refractivity contribution < 1.29 is 4.74 Å². The summed E-state index contributed by atoms with van der Waals surface area (Å²) in [5.41, 5.74) is 1.48. The molecule has 0 spiro atoms. The molecule has 1 aliphatic heterocycles. The molecule has 1 saturated heterocycles. The maximum atomic E-state index is 5.13. The third-order valence-electron chi connectivity index (χ3n) is 1.97. The van der Waals surface area contributed by atoms with E-state index in [1.807, 2.05) is 0 Å². The number of aryl methyl sites for hydroxylation is 1. The number of ether oxygens (including phenoxy) is 1. The van der Waals surface area contributed by atoms with Crippen LogP contribution >= 0.6 is 11.3 Å². The molecule has 1 aliphatic rings. The van der Waals surface area contributed by atoms with Crippen molar-refractivity contribution >= 4 is 11.3 Å². The molecule has 1 aromatic heterocycles. The lowest BCUT2D eigenvalue weighted by atomic mass is 10.1. The van der Waals surface area contributed by atoms with Gasteiger partial charge in [-0.05, 0) is 41.7 Å². The smallest absolute Gasteiger partial charge is 0.0810 e. The lowest BCUT2D eigenvalue weighted by Gasteiger charge is -1.93. The summed E-state index contributed by atoms with van der Waals surface area (Å²) in [5.74, 6) is 0. The molecule has 0 aliphatic carbocycles. The van der Waals surface area contributed by atoms with Crippen LogP contribution in [0.2, 0.25) is 0 Å². The van der Waals surface area contributed by atoms with Crippen LogP contribution in [0.1, 0.15) is 18.4 Å². The van der Waals surface area contributed by atoms with Crippen LogP contribution in [0.3, 0.4) is 0 Å². The quantitative estimate of drug-likeness (QED) is 0.629. The molecule has 1 atom stereocenters. The van der Waals surface area contributed by atoms with Crippen LogP contribution in [0.5, 0.6) is 0 Å². The lowest BCUT2D eigenvalue weighted by molar-refractivity contribution is 0.392. The molecule has 0 aromatic carbocycles. The first-order chi connectivity index (χ1) is 5.45. The fourth-order valence-electron chi connectivity index (χ4n) is 1.20. The van der Waals surface area contributed by atoms with Gasteiger partial charge in [0, 0.05) is 0 Å².